The Hall–Kier alpha value is -1.14. The van der Waals surface area contributed by atoms with Crippen molar-refractivity contribution in [3.05, 3.63) is 52.6 Å². The summed E-state index contributed by atoms with van der Waals surface area (Å²) in [6.45, 7) is 7.45. The minimum Gasteiger partial charge on any atom is -0.314 e. The lowest BCUT2D eigenvalue weighted by Gasteiger charge is -2.34. The molecule has 0 bridgehead atoms. The van der Waals surface area contributed by atoms with E-state index in [0.29, 0.717) is 0 Å². The maximum atomic E-state index is 11.2. The van der Waals surface area contributed by atoms with E-state index >= 15 is 0 Å². The van der Waals surface area contributed by atoms with Crippen molar-refractivity contribution in [2.24, 2.45) is 0 Å². The monoisotopic (exact) mass is 333 g/mol. The molecular formula is C14H21Cl2N3O2. The van der Waals surface area contributed by atoms with Gasteiger partial charge in [-0.3, -0.25) is 15.0 Å². The van der Waals surface area contributed by atoms with Gasteiger partial charge in [-0.1, -0.05) is 24.3 Å². The van der Waals surface area contributed by atoms with Gasteiger partial charge in [-0.25, -0.2) is 0 Å². The molecule has 1 aromatic rings. The quantitative estimate of drug-likeness (QED) is 0.511. The minimum absolute atomic E-state index is 0. The van der Waals surface area contributed by atoms with Crippen molar-refractivity contribution in [1.29, 1.82) is 0 Å². The van der Waals surface area contributed by atoms with Crippen molar-refractivity contribution in [1.82, 2.24) is 10.2 Å². The van der Waals surface area contributed by atoms with Crippen molar-refractivity contribution in [3.63, 3.8) is 0 Å². The van der Waals surface area contributed by atoms with Gasteiger partial charge in [-0.2, -0.15) is 0 Å². The lowest BCUT2D eigenvalue weighted by atomic mass is 9.99. The third-order valence-electron chi connectivity index (χ3n) is 3.47. The number of nitro groups is 1. The molecule has 0 unspecified atom stereocenters. The Morgan fingerprint density at radius 3 is 2.52 bits per heavy atom. The van der Waals surface area contributed by atoms with Gasteiger partial charge in [0.05, 0.1) is 4.92 Å². The number of benzene rings is 1. The van der Waals surface area contributed by atoms with Gasteiger partial charge in [0.15, 0.2) is 0 Å². The zero-order chi connectivity index (χ0) is 13.7. The molecule has 2 rings (SSSR count). The second-order valence-corrected chi connectivity index (χ2v) is 4.64. The van der Waals surface area contributed by atoms with Gasteiger partial charge in [0, 0.05) is 43.9 Å². The van der Waals surface area contributed by atoms with E-state index in [0.717, 1.165) is 38.2 Å². The maximum Gasteiger partial charge on any atom is 0.274 e. The number of hydrogen-bond acceptors (Lipinski definition) is 4. The van der Waals surface area contributed by atoms with E-state index in [2.05, 4.69) is 16.8 Å². The van der Waals surface area contributed by atoms with Crippen LogP contribution in [0, 0.1) is 10.1 Å². The number of piperazine rings is 1. The van der Waals surface area contributed by atoms with Crippen LogP contribution in [-0.2, 0) is 0 Å². The predicted octanol–water partition coefficient (Wildman–Crippen LogP) is 2.96. The third-order valence-corrected chi connectivity index (χ3v) is 3.47. The highest BCUT2D eigenvalue weighted by Gasteiger charge is 2.26. The first-order valence-electron chi connectivity index (χ1n) is 6.53. The molecule has 21 heavy (non-hydrogen) atoms. The first kappa shape index (κ1) is 19.9. The van der Waals surface area contributed by atoms with E-state index in [4.69, 9.17) is 0 Å². The minimum atomic E-state index is -0.298. The Morgan fingerprint density at radius 1 is 1.33 bits per heavy atom. The Balaban J connectivity index is 0.00000200. The molecule has 1 saturated heterocycles. The van der Waals surface area contributed by atoms with Gasteiger partial charge in [-0.05, 0) is 6.42 Å². The van der Waals surface area contributed by atoms with Crippen molar-refractivity contribution < 1.29 is 4.92 Å². The van der Waals surface area contributed by atoms with Gasteiger partial charge in [0.1, 0.15) is 0 Å². The molecule has 1 aliphatic heterocycles. The molecular weight excluding hydrogens is 313 g/mol. The summed E-state index contributed by atoms with van der Waals surface area (Å²) < 4.78 is 0. The Labute approximate surface area is 137 Å². The molecule has 7 heteroatoms. The predicted molar refractivity (Wildman–Crippen MR) is 89.6 cm³/mol. The van der Waals surface area contributed by atoms with Crippen LogP contribution in [0.4, 0.5) is 5.69 Å². The molecule has 5 nitrogen and oxygen atoms in total. The van der Waals surface area contributed by atoms with Crippen LogP contribution >= 0.6 is 24.8 Å². The average molecular weight is 334 g/mol. The number of hydrogen-bond donors (Lipinski definition) is 1. The highest BCUT2D eigenvalue weighted by atomic mass is 35.5. The van der Waals surface area contributed by atoms with Gasteiger partial charge in [0.25, 0.3) is 5.69 Å². The molecule has 0 radical (unpaired) electrons. The lowest BCUT2D eigenvalue weighted by molar-refractivity contribution is -0.386. The normalized spacial score (nSPS) is 16.2. The number of nitro benzene ring substituents is 1. The number of halogens is 2. The van der Waals surface area contributed by atoms with Crippen LogP contribution in [0.1, 0.15) is 18.0 Å². The molecule has 118 valence electrons. The van der Waals surface area contributed by atoms with Crippen LogP contribution in [-0.4, -0.2) is 36.0 Å². The Morgan fingerprint density at radius 2 is 1.95 bits per heavy atom. The lowest BCUT2D eigenvalue weighted by Crippen LogP contribution is -2.45. The fourth-order valence-corrected chi connectivity index (χ4v) is 2.56. The van der Waals surface area contributed by atoms with Crippen LogP contribution in [0.15, 0.2) is 36.9 Å². The molecule has 0 aliphatic carbocycles. The van der Waals surface area contributed by atoms with Crippen molar-refractivity contribution >= 4 is 30.5 Å². The highest BCUT2D eigenvalue weighted by Crippen LogP contribution is 2.31. The van der Waals surface area contributed by atoms with Gasteiger partial charge in [-0.15, -0.1) is 31.4 Å². The first-order chi connectivity index (χ1) is 9.24. The van der Waals surface area contributed by atoms with Crippen LogP contribution in [0.3, 0.4) is 0 Å². The highest BCUT2D eigenvalue weighted by molar-refractivity contribution is 5.85. The summed E-state index contributed by atoms with van der Waals surface area (Å²) in [5.41, 5.74) is 0.988. The summed E-state index contributed by atoms with van der Waals surface area (Å²) >= 11 is 0. The summed E-state index contributed by atoms with van der Waals surface area (Å²) in [5.74, 6) is 0. The van der Waals surface area contributed by atoms with E-state index in [1.54, 1.807) is 12.1 Å². The van der Waals surface area contributed by atoms with Gasteiger partial charge in [0.2, 0.25) is 0 Å². The SMILES string of the molecule is C=CC[C@@H](c1ccccc1[N+](=O)[O-])N1CCNCC1.Cl.Cl. The van der Waals surface area contributed by atoms with E-state index in [1.807, 2.05) is 18.2 Å². The smallest absolute Gasteiger partial charge is 0.274 e. The first-order valence-corrected chi connectivity index (χ1v) is 6.53. The summed E-state index contributed by atoms with van der Waals surface area (Å²) in [5, 5.41) is 14.5. The third kappa shape index (κ3) is 4.97. The Kier molecular flexibility index (Phi) is 9.21. The zero-order valence-electron chi connectivity index (χ0n) is 11.7. The van der Waals surface area contributed by atoms with E-state index in [9.17, 15) is 10.1 Å². The fraction of sp³-hybridized carbons (Fsp3) is 0.429. The molecule has 0 spiro atoms. The summed E-state index contributed by atoms with van der Waals surface area (Å²) in [6, 6.07) is 7.05. The van der Waals surface area contributed by atoms with E-state index in [1.165, 1.54) is 0 Å². The number of nitrogens with one attached hydrogen (secondary N) is 1. The van der Waals surface area contributed by atoms with Crippen molar-refractivity contribution in [3.8, 4) is 0 Å². The molecule has 0 amide bonds. The second-order valence-electron chi connectivity index (χ2n) is 4.64. The molecule has 1 aromatic carbocycles. The van der Waals surface area contributed by atoms with E-state index in [-0.39, 0.29) is 41.5 Å². The van der Waals surface area contributed by atoms with E-state index < -0.39 is 0 Å². The number of nitrogens with zero attached hydrogens (tertiary/aromatic N) is 2. The number of rotatable bonds is 5. The second kappa shape index (κ2) is 9.73. The van der Waals surface area contributed by atoms with Crippen molar-refractivity contribution in [2.45, 2.75) is 12.5 Å². The topological polar surface area (TPSA) is 58.4 Å². The molecule has 1 fully saturated rings. The standard InChI is InChI=1S/C14H19N3O2.2ClH/c1-2-5-13(16-10-8-15-9-11-16)12-6-3-4-7-14(12)17(18)19;;/h2-4,6-7,13,15H,1,5,8-11H2;2*1H/t13-;;/m0../s1. The van der Waals surface area contributed by atoms with Crippen LogP contribution in [0.2, 0.25) is 0 Å². The molecule has 0 saturated carbocycles. The molecule has 1 atom stereocenters. The average Bonchev–Trinajstić information content (AvgIpc) is 2.45. The van der Waals surface area contributed by atoms with Crippen LogP contribution in [0.25, 0.3) is 0 Å². The van der Waals surface area contributed by atoms with Gasteiger partial charge < -0.3 is 5.32 Å². The van der Waals surface area contributed by atoms with Gasteiger partial charge >= 0.3 is 0 Å². The zero-order valence-corrected chi connectivity index (χ0v) is 13.4. The van der Waals surface area contributed by atoms with Crippen LogP contribution in [0.5, 0.6) is 0 Å². The fourth-order valence-electron chi connectivity index (χ4n) is 2.56. The molecule has 0 aromatic heterocycles. The largest absolute Gasteiger partial charge is 0.314 e. The van der Waals surface area contributed by atoms with Crippen molar-refractivity contribution in [2.75, 3.05) is 26.2 Å². The summed E-state index contributed by atoms with van der Waals surface area (Å²) in [6.07, 6.45) is 2.56. The molecule has 1 heterocycles. The molecule has 1 aliphatic rings. The number of para-hydroxylation sites is 1. The Bertz CT molecular complexity index is 465. The maximum absolute atomic E-state index is 11.2. The summed E-state index contributed by atoms with van der Waals surface area (Å²) in [7, 11) is 0. The summed E-state index contributed by atoms with van der Waals surface area (Å²) in [4.78, 5) is 13.2. The molecule has 1 N–H and O–H groups in total. The van der Waals surface area contributed by atoms with Crippen LogP contribution < -0.4 is 5.32 Å².